The zero-order valence-electron chi connectivity index (χ0n) is 11.3. The molecule has 1 aliphatic rings. The molecule has 1 N–H and O–H groups in total. The Morgan fingerprint density at radius 1 is 1.20 bits per heavy atom. The molecular weight excluding hydrogens is 262 g/mol. The number of rotatable bonds is 4. The second-order valence-corrected chi connectivity index (χ2v) is 4.41. The minimum Gasteiger partial charge on any atom is -0.465 e. The van der Waals surface area contributed by atoms with Gasteiger partial charge in [-0.3, -0.25) is 4.79 Å². The molecule has 1 aliphatic heterocycles. The van der Waals surface area contributed by atoms with Crippen LogP contribution in [-0.4, -0.2) is 31.9 Å². The van der Waals surface area contributed by atoms with E-state index in [1.165, 1.54) is 31.4 Å². The summed E-state index contributed by atoms with van der Waals surface area (Å²) in [7, 11) is 1.31. The summed E-state index contributed by atoms with van der Waals surface area (Å²) < 4.78 is 9.91. The molecule has 0 aromatic heterocycles. The Bertz CT molecular complexity index is 465. The second-order valence-electron chi connectivity index (χ2n) is 4.41. The number of hydroxylamine groups is 1. The Balaban J connectivity index is 1.87. The van der Waals surface area contributed by atoms with Gasteiger partial charge in [0.05, 0.1) is 12.7 Å². The monoisotopic (exact) mass is 279 g/mol. The van der Waals surface area contributed by atoms with E-state index in [0.29, 0.717) is 17.7 Å². The molecule has 0 spiro atoms. The third-order valence-electron chi connectivity index (χ3n) is 2.99. The average molecular weight is 279 g/mol. The number of amides is 1. The first-order valence-electron chi connectivity index (χ1n) is 6.46. The lowest BCUT2D eigenvalue weighted by Gasteiger charge is -2.22. The van der Waals surface area contributed by atoms with Crippen molar-refractivity contribution in [2.45, 2.75) is 25.6 Å². The molecule has 2 rings (SSSR count). The van der Waals surface area contributed by atoms with Crippen LogP contribution < -0.4 is 5.48 Å². The Morgan fingerprint density at radius 2 is 1.90 bits per heavy atom. The van der Waals surface area contributed by atoms with E-state index in [2.05, 4.69) is 10.2 Å². The molecule has 6 nitrogen and oxygen atoms in total. The summed E-state index contributed by atoms with van der Waals surface area (Å²) in [5.74, 6) is -0.820. The Labute approximate surface area is 117 Å². The highest BCUT2D eigenvalue weighted by atomic mass is 16.8. The SMILES string of the molecule is COC(=O)c1ccc(C(=O)NO[C@H]2CCCCO2)cc1. The fourth-order valence-corrected chi connectivity index (χ4v) is 1.86. The normalized spacial score (nSPS) is 18.4. The molecule has 0 radical (unpaired) electrons. The minimum atomic E-state index is -0.441. The van der Waals surface area contributed by atoms with Gasteiger partial charge in [-0.25, -0.2) is 15.1 Å². The van der Waals surface area contributed by atoms with E-state index in [-0.39, 0.29) is 12.2 Å². The molecule has 6 heteroatoms. The van der Waals surface area contributed by atoms with Crippen LogP contribution in [0.25, 0.3) is 0 Å². The summed E-state index contributed by atoms with van der Waals surface area (Å²) in [5, 5.41) is 0. The highest BCUT2D eigenvalue weighted by Gasteiger charge is 2.16. The quantitative estimate of drug-likeness (QED) is 0.670. The Kier molecular flexibility index (Phi) is 5.09. The molecule has 1 saturated heterocycles. The van der Waals surface area contributed by atoms with Crippen molar-refractivity contribution in [1.29, 1.82) is 0 Å². The van der Waals surface area contributed by atoms with Gasteiger partial charge in [-0.2, -0.15) is 0 Å². The maximum Gasteiger partial charge on any atom is 0.337 e. The van der Waals surface area contributed by atoms with E-state index in [4.69, 9.17) is 9.57 Å². The van der Waals surface area contributed by atoms with Crippen LogP contribution in [0.1, 0.15) is 40.0 Å². The first-order chi connectivity index (χ1) is 9.70. The van der Waals surface area contributed by atoms with Gasteiger partial charge in [0.15, 0.2) is 6.29 Å². The number of carbonyl (C=O) groups is 2. The van der Waals surface area contributed by atoms with Crippen LogP contribution in [0.15, 0.2) is 24.3 Å². The lowest BCUT2D eigenvalue weighted by molar-refractivity contribution is -0.186. The number of benzene rings is 1. The zero-order valence-corrected chi connectivity index (χ0v) is 11.3. The molecule has 1 atom stereocenters. The van der Waals surface area contributed by atoms with Crippen LogP contribution in [0.5, 0.6) is 0 Å². The van der Waals surface area contributed by atoms with Crippen molar-refractivity contribution >= 4 is 11.9 Å². The Hall–Kier alpha value is -1.92. The van der Waals surface area contributed by atoms with Crippen LogP contribution in [0.3, 0.4) is 0 Å². The van der Waals surface area contributed by atoms with E-state index >= 15 is 0 Å². The molecule has 1 aromatic carbocycles. The summed E-state index contributed by atoms with van der Waals surface area (Å²) in [4.78, 5) is 28.3. The Morgan fingerprint density at radius 3 is 2.50 bits per heavy atom. The van der Waals surface area contributed by atoms with Gasteiger partial charge in [-0.1, -0.05) is 0 Å². The molecule has 0 saturated carbocycles. The number of hydrogen-bond donors (Lipinski definition) is 1. The third kappa shape index (κ3) is 3.79. The van der Waals surface area contributed by atoms with Crippen molar-refractivity contribution in [1.82, 2.24) is 5.48 Å². The standard InChI is InChI=1S/C14H17NO5/c1-18-14(17)11-7-5-10(6-8-11)13(16)15-20-12-4-2-3-9-19-12/h5-8,12H,2-4,9H2,1H3,(H,15,16)/t12-/m0/s1. The number of hydrogen-bond acceptors (Lipinski definition) is 5. The van der Waals surface area contributed by atoms with Gasteiger partial charge in [0.25, 0.3) is 5.91 Å². The van der Waals surface area contributed by atoms with Crippen LogP contribution in [0, 0.1) is 0 Å². The topological polar surface area (TPSA) is 73.9 Å². The molecule has 20 heavy (non-hydrogen) atoms. The average Bonchev–Trinajstić information content (AvgIpc) is 2.53. The van der Waals surface area contributed by atoms with E-state index in [1.807, 2.05) is 0 Å². The fraction of sp³-hybridized carbons (Fsp3) is 0.429. The van der Waals surface area contributed by atoms with E-state index in [0.717, 1.165) is 19.3 Å². The molecule has 108 valence electrons. The molecule has 1 fully saturated rings. The van der Waals surface area contributed by atoms with Crippen molar-refractivity contribution in [3.05, 3.63) is 35.4 Å². The van der Waals surface area contributed by atoms with Gasteiger partial charge in [0, 0.05) is 18.6 Å². The maximum atomic E-state index is 11.8. The van der Waals surface area contributed by atoms with E-state index in [1.54, 1.807) is 0 Å². The predicted molar refractivity (Wildman–Crippen MR) is 69.9 cm³/mol. The minimum absolute atomic E-state index is 0.379. The lowest BCUT2D eigenvalue weighted by Crippen LogP contribution is -2.33. The highest BCUT2D eigenvalue weighted by molar-refractivity contribution is 5.95. The predicted octanol–water partition coefficient (Wildman–Crippen LogP) is 1.66. The van der Waals surface area contributed by atoms with Crippen LogP contribution >= 0.6 is 0 Å². The van der Waals surface area contributed by atoms with Crippen molar-refractivity contribution in [2.75, 3.05) is 13.7 Å². The molecule has 1 amide bonds. The molecule has 1 heterocycles. The van der Waals surface area contributed by atoms with E-state index < -0.39 is 5.97 Å². The zero-order chi connectivity index (χ0) is 14.4. The van der Waals surface area contributed by atoms with Gasteiger partial charge < -0.3 is 9.47 Å². The number of nitrogens with one attached hydrogen (secondary N) is 1. The summed E-state index contributed by atoms with van der Waals surface area (Å²) in [6, 6.07) is 6.12. The molecule has 1 aromatic rings. The van der Waals surface area contributed by atoms with Gasteiger partial charge in [-0.05, 0) is 37.1 Å². The number of carbonyl (C=O) groups excluding carboxylic acids is 2. The molecular formula is C14H17NO5. The van der Waals surface area contributed by atoms with Crippen molar-refractivity contribution in [2.24, 2.45) is 0 Å². The van der Waals surface area contributed by atoms with Crippen molar-refractivity contribution in [3.8, 4) is 0 Å². The van der Waals surface area contributed by atoms with Crippen LogP contribution in [0.4, 0.5) is 0 Å². The largest absolute Gasteiger partial charge is 0.465 e. The summed E-state index contributed by atoms with van der Waals surface area (Å²) in [5.41, 5.74) is 3.14. The van der Waals surface area contributed by atoms with Gasteiger partial charge in [0.2, 0.25) is 0 Å². The fourth-order valence-electron chi connectivity index (χ4n) is 1.86. The smallest absolute Gasteiger partial charge is 0.337 e. The maximum absolute atomic E-state index is 11.8. The summed E-state index contributed by atoms with van der Waals surface area (Å²) >= 11 is 0. The molecule has 0 unspecified atom stereocenters. The van der Waals surface area contributed by atoms with Gasteiger partial charge in [-0.15, -0.1) is 0 Å². The molecule has 0 bridgehead atoms. The van der Waals surface area contributed by atoms with Crippen molar-refractivity contribution < 1.29 is 23.9 Å². The van der Waals surface area contributed by atoms with Gasteiger partial charge in [0.1, 0.15) is 0 Å². The molecule has 0 aliphatic carbocycles. The number of methoxy groups -OCH3 is 1. The summed E-state index contributed by atoms with van der Waals surface area (Å²) in [6.45, 7) is 0.647. The highest BCUT2D eigenvalue weighted by Crippen LogP contribution is 2.13. The second kappa shape index (κ2) is 7.02. The van der Waals surface area contributed by atoms with Gasteiger partial charge >= 0.3 is 5.97 Å². The first-order valence-corrected chi connectivity index (χ1v) is 6.46. The van der Waals surface area contributed by atoms with E-state index in [9.17, 15) is 9.59 Å². The summed E-state index contributed by atoms with van der Waals surface area (Å²) in [6.07, 6.45) is 2.42. The van der Waals surface area contributed by atoms with Crippen LogP contribution in [-0.2, 0) is 14.3 Å². The van der Waals surface area contributed by atoms with Crippen LogP contribution in [0.2, 0.25) is 0 Å². The first kappa shape index (κ1) is 14.5. The third-order valence-corrected chi connectivity index (χ3v) is 2.99. The number of ether oxygens (including phenoxy) is 2. The number of esters is 1. The van der Waals surface area contributed by atoms with Crippen molar-refractivity contribution in [3.63, 3.8) is 0 Å². The lowest BCUT2D eigenvalue weighted by atomic mass is 10.1.